The molecule has 1 aliphatic heterocycles. The molecule has 1 atom stereocenters. The maximum atomic E-state index is 13.0. The molecule has 0 radical (unpaired) electrons. The van der Waals surface area contributed by atoms with Gasteiger partial charge in [-0.3, -0.25) is 4.79 Å². The van der Waals surface area contributed by atoms with Crippen molar-refractivity contribution >= 4 is 18.1 Å². The number of methoxy groups -OCH3 is 1. The second kappa shape index (κ2) is 9.30. The molecule has 31 heavy (non-hydrogen) atoms. The second-order valence-electron chi connectivity index (χ2n) is 7.26. The topological polar surface area (TPSA) is 55.8 Å². The number of carbonyl (C=O) groups is 2. The average molecular weight is 413 g/mol. The molecule has 4 rings (SSSR count). The lowest BCUT2D eigenvalue weighted by Crippen LogP contribution is -2.41. The number of ether oxygens (including phenoxy) is 2. The summed E-state index contributed by atoms with van der Waals surface area (Å²) in [6.07, 6.45) is 2.48. The van der Waals surface area contributed by atoms with Gasteiger partial charge in [0.15, 0.2) is 0 Å². The maximum absolute atomic E-state index is 13.0. The van der Waals surface area contributed by atoms with Gasteiger partial charge in [0, 0.05) is 12.0 Å². The second-order valence-corrected chi connectivity index (χ2v) is 7.26. The van der Waals surface area contributed by atoms with Gasteiger partial charge in [-0.15, -0.1) is 0 Å². The highest BCUT2D eigenvalue weighted by atomic mass is 16.6. The Morgan fingerprint density at radius 2 is 1.55 bits per heavy atom. The van der Waals surface area contributed by atoms with Crippen LogP contribution in [0.1, 0.15) is 22.6 Å². The van der Waals surface area contributed by atoms with Crippen LogP contribution in [0.3, 0.4) is 0 Å². The molecule has 1 saturated heterocycles. The van der Waals surface area contributed by atoms with E-state index < -0.39 is 18.0 Å². The first-order valence-electron chi connectivity index (χ1n) is 10.1. The molecule has 156 valence electrons. The smallest absolute Gasteiger partial charge is 0.417 e. The van der Waals surface area contributed by atoms with Crippen LogP contribution in [0, 0.1) is 0 Å². The van der Waals surface area contributed by atoms with E-state index in [1.807, 2.05) is 84.9 Å². The Balaban J connectivity index is 1.63. The fourth-order valence-electron chi connectivity index (χ4n) is 3.86. The normalized spacial score (nSPS) is 16.0. The number of rotatable bonds is 6. The summed E-state index contributed by atoms with van der Waals surface area (Å²) in [5.74, 6) is 0.146. The number of hydrogen-bond donors (Lipinski definition) is 0. The molecule has 0 spiro atoms. The summed E-state index contributed by atoms with van der Waals surface area (Å²) < 4.78 is 10.5. The van der Waals surface area contributed by atoms with Crippen LogP contribution in [-0.2, 0) is 9.53 Å². The predicted molar refractivity (Wildman–Crippen MR) is 119 cm³/mol. The van der Waals surface area contributed by atoms with Gasteiger partial charge in [-0.2, -0.15) is 0 Å². The molecule has 0 N–H and O–H groups in total. The van der Waals surface area contributed by atoms with E-state index in [2.05, 4.69) is 0 Å². The van der Waals surface area contributed by atoms with Crippen LogP contribution < -0.4 is 4.74 Å². The monoisotopic (exact) mass is 413 g/mol. The van der Waals surface area contributed by atoms with E-state index in [4.69, 9.17) is 9.47 Å². The van der Waals surface area contributed by atoms with Gasteiger partial charge in [0.05, 0.1) is 13.2 Å². The SMILES string of the molecule is COc1ccc(/C=C/C(=O)N2C(=O)OC[C@@H]2C(c2ccccc2)c2ccccc2)cc1. The van der Waals surface area contributed by atoms with Crippen molar-refractivity contribution in [2.75, 3.05) is 13.7 Å². The fourth-order valence-corrected chi connectivity index (χ4v) is 3.86. The minimum absolute atomic E-state index is 0.148. The van der Waals surface area contributed by atoms with Crippen molar-refractivity contribution in [1.29, 1.82) is 0 Å². The summed E-state index contributed by atoms with van der Waals surface area (Å²) in [6, 6.07) is 26.7. The number of cyclic esters (lactones) is 1. The first-order chi connectivity index (χ1) is 15.2. The zero-order chi connectivity index (χ0) is 21.6. The molecule has 5 heteroatoms. The Morgan fingerprint density at radius 3 is 2.10 bits per heavy atom. The zero-order valence-electron chi connectivity index (χ0n) is 17.2. The molecule has 3 aromatic carbocycles. The van der Waals surface area contributed by atoms with Crippen LogP contribution in [0.15, 0.2) is 91.0 Å². The summed E-state index contributed by atoms with van der Waals surface area (Å²) >= 11 is 0. The lowest BCUT2D eigenvalue weighted by atomic mass is 9.85. The van der Waals surface area contributed by atoms with Gasteiger partial charge in [0.1, 0.15) is 12.4 Å². The molecule has 0 bridgehead atoms. The quantitative estimate of drug-likeness (QED) is 0.540. The van der Waals surface area contributed by atoms with Crippen LogP contribution in [0.4, 0.5) is 4.79 Å². The third kappa shape index (κ3) is 4.51. The minimum Gasteiger partial charge on any atom is -0.497 e. The van der Waals surface area contributed by atoms with E-state index in [1.54, 1.807) is 13.2 Å². The number of nitrogens with zero attached hydrogens (tertiary/aromatic N) is 1. The fraction of sp³-hybridized carbons (Fsp3) is 0.154. The third-order valence-corrected chi connectivity index (χ3v) is 5.38. The minimum atomic E-state index is -0.619. The molecule has 3 aromatic rings. The molecule has 1 aliphatic rings. The first-order valence-corrected chi connectivity index (χ1v) is 10.1. The molecule has 2 amide bonds. The lowest BCUT2D eigenvalue weighted by molar-refractivity contribution is -0.124. The first kappa shape index (κ1) is 20.4. The van der Waals surface area contributed by atoms with E-state index in [0.29, 0.717) is 0 Å². The molecule has 0 aromatic heterocycles. The van der Waals surface area contributed by atoms with Crippen molar-refractivity contribution in [1.82, 2.24) is 4.90 Å². The van der Waals surface area contributed by atoms with E-state index in [0.717, 1.165) is 22.4 Å². The van der Waals surface area contributed by atoms with E-state index in [1.165, 1.54) is 11.0 Å². The molecular formula is C26H23NO4. The Bertz CT molecular complexity index is 1020. The van der Waals surface area contributed by atoms with Gasteiger partial charge in [-0.05, 0) is 34.9 Å². The Morgan fingerprint density at radius 1 is 0.968 bits per heavy atom. The van der Waals surface area contributed by atoms with Gasteiger partial charge in [-0.1, -0.05) is 72.8 Å². The number of amides is 2. The van der Waals surface area contributed by atoms with Crippen molar-refractivity contribution < 1.29 is 19.1 Å². The molecule has 0 aliphatic carbocycles. The van der Waals surface area contributed by atoms with Gasteiger partial charge in [0.2, 0.25) is 0 Å². The van der Waals surface area contributed by atoms with Crippen molar-refractivity contribution in [3.63, 3.8) is 0 Å². The van der Waals surface area contributed by atoms with Crippen molar-refractivity contribution in [3.8, 4) is 5.75 Å². The summed E-state index contributed by atoms with van der Waals surface area (Å²) in [5.41, 5.74) is 2.88. The van der Waals surface area contributed by atoms with Gasteiger partial charge < -0.3 is 9.47 Å². The summed E-state index contributed by atoms with van der Waals surface area (Å²) in [5, 5.41) is 0. The van der Waals surface area contributed by atoms with E-state index in [9.17, 15) is 9.59 Å². The Hall–Kier alpha value is -3.86. The average Bonchev–Trinajstić information content (AvgIpc) is 3.20. The van der Waals surface area contributed by atoms with Crippen LogP contribution in [0.25, 0.3) is 6.08 Å². The van der Waals surface area contributed by atoms with E-state index >= 15 is 0 Å². The molecular weight excluding hydrogens is 390 g/mol. The van der Waals surface area contributed by atoms with E-state index in [-0.39, 0.29) is 12.5 Å². The van der Waals surface area contributed by atoms with Crippen LogP contribution >= 0.6 is 0 Å². The summed E-state index contributed by atoms with van der Waals surface area (Å²) in [7, 11) is 1.60. The number of imide groups is 1. The van der Waals surface area contributed by atoms with Gasteiger partial charge in [0.25, 0.3) is 5.91 Å². The van der Waals surface area contributed by atoms with Crippen LogP contribution in [-0.4, -0.2) is 36.7 Å². The molecule has 1 fully saturated rings. The Kier molecular flexibility index (Phi) is 6.13. The lowest BCUT2D eigenvalue weighted by Gasteiger charge is -2.28. The third-order valence-electron chi connectivity index (χ3n) is 5.38. The molecule has 5 nitrogen and oxygen atoms in total. The Labute approximate surface area is 181 Å². The van der Waals surface area contributed by atoms with Crippen molar-refractivity contribution in [2.45, 2.75) is 12.0 Å². The highest BCUT2D eigenvalue weighted by Crippen LogP contribution is 2.34. The highest BCUT2D eigenvalue weighted by molar-refractivity contribution is 6.02. The zero-order valence-corrected chi connectivity index (χ0v) is 17.2. The van der Waals surface area contributed by atoms with Gasteiger partial charge >= 0.3 is 6.09 Å². The molecule has 0 unspecified atom stereocenters. The summed E-state index contributed by atoms with van der Waals surface area (Å²) in [6.45, 7) is 0.148. The van der Waals surface area contributed by atoms with Crippen molar-refractivity contribution in [3.05, 3.63) is 108 Å². The number of hydrogen-bond acceptors (Lipinski definition) is 4. The standard InChI is InChI=1S/C26H23NO4/c1-30-22-15-12-19(13-16-22)14-17-24(28)27-23(18-31-26(27)29)25(20-8-4-2-5-9-20)21-10-6-3-7-11-21/h2-17,23,25H,18H2,1H3/b17-14+/t23-/m1/s1. The maximum Gasteiger partial charge on any atom is 0.417 e. The number of benzene rings is 3. The van der Waals surface area contributed by atoms with Crippen LogP contribution in [0.2, 0.25) is 0 Å². The van der Waals surface area contributed by atoms with Gasteiger partial charge in [-0.25, -0.2) is 9.69 Å². The van der Waals surface area contributed by atoms with Crippen LogP contribution in [0.5, 0.6) is 5.75 Å². The highest BCUT2D eigenvalue weighted by Gasteiger charge is 2.42. The molecule has 1 heterocycles. The largest absolute Gasteiger partial charge is 0.497 e. The summed E-state index contributed by atoms with van der Waals surface area (Å²) in [4.78, 5) is 26.8. The predicted octanol–water partition coefficient (Wildman–Crippen LogP) is 4.89. The number of carbonyl (C=O) groups excluding carboxylic acids is 2. The molecule has 0 saturated carbocycles. The van der Waals surface area contributed by atoms with Crippen molar-refractivity contribution in [2.24, 2.45) is 0 Å².